The standard InChI is InChI=1S/C25H28N2O5S/c1-17-10-11-18(2)21(14-17)26-25(28)22(15-19-8-6-5-7-9-19)27-33(29,30)20-12-13-23(31-3)24(16-20)32-4/h5-14,16,22,27H,15H2,1-4H3,(H,26,28)/t22-/m1/s1. The number of benzene rings is 3. The number of ether oxygens (including phenoxy) is 2. The van der Waals surface area contributed by atoms with Gasteiger partial charge in [-0.15, -0.1) is 0 Å². The maximum Gasteiger partial charge on any atom is 0.242 e. The van der Waals surface area contributed by atoms with Crippen molar-refractivity contribution >= 4 is 21.6 Å². The van der Waals surface area contributed by atoms with Gasteiger partial charge in [-0.1, -0.05) is 42.5 Å². The maximum atomic E-state index is 13.2. The van der Waals surface area contributed by atoms with Gasteiger partial charge in [0.25, 0.3) is 0 Å². The van der Waals surface area contributed by atoms with Crippen LogP contribution in [0.25, 0.3) is 0 Å². The highest BCUT2D eigenvalue weighted by Crippen LogP contribution is 2.29. The second-order valence-corrected chi connectivity index (χ2v) is 9.40. The van der Waals surface area contributed by atoms with E-state index in [9.17, 15) is 13.2 Å². The summed E-state index contributed by atoms with van der Waals surface area (Å²) in [6, 6.07) is 18.2. The lowest BCUT2D eigenvalue weighted by molar-refractivity contribution is -0.117. The molecule has 1 atom stereocenters. The van der Waals surface area contributed by atoms with Crippen molar-refractivity contribution in [2.24, 2.45) is 0 Å². The molecule has 33 heavy (non-hydrogen) atoms. The first-order valence-electron chi connectivity index (χ1n) is 10.4. The molecule has 8 heteroatoms. The normalized spacial score (nSPS) is 12.1. The smallest absolute Gasteiger partial charge is 0.242 e. The van der Waals surface area contributed by atoms with Crippen molar-refractivity contribution in [1.29, 1.82) is 0 Å². The van der Waals surface area contributed by atoms with Gasteiger partial charge in [0.15, 0.2) is 11.5 Å². The Morgan fingerprint density at radius 3 is 2.27 bits per heavy atom. The van der Waals surface area contributed by atoms with Gasteiger partial charge in [0.2, 0.25) is 15.9 Å². The summed E-state index contributed by atoms with van der Waals surface area (Å²) in [5, 5.41) is 2.88. The van der Waals surface area contributed by atoms with Crippen LogP contribution in [0.3, 0.4) is 0 Å². The lowest BCUT2D eigenvalue weighted by Crippen LogP contribution is -2.45. The third kappa shape index (κ3) is 6.12. The first kappa shape index (κ1) is 24.3. The molecule has 0 aliphatic rings. The minimum atomic E-state index is -4.04. The van der Waals surface area contributed by atoms with Crippen LogP contribution in [0.15, 0.2) is 71.6 Å². The fourth-order valence-electron chi connectivity index (χ4n) is 3.37. The van der Waals surface area contributed by atoms with E-state index in [1.165, 1.54) is 32.4 Å². The number of hydrogen-bond acceptors (Lipinski definition) is 5. The van der Waals surface area contributed by atoms with Gasteiger partial charge in [0.05, 0.1) is 19.1 Å². The highest BCUT2D eigenvalue weighted by molar-refractivity contribution is 7.89. The second-order valence-electron chi connectivity index (χ2n) is 7.69. The highest BCUT2D eigenvalue weighted by atomic mass is 32.2. The predicted octanol–water partition coefficient (Wildman–Crippen LogP) is 3.85. The number of carbonyl (C=O) groups excluding carboxylic acids is 1. The van der Waals surface area contributed by atoms with Crippen molar-refractivity contribution in [2.45, 2.75) is 31.2 Å². The van der Waals surface area contributed by atoms with Crippen LogP contribution in [0.5, 0.6) is 11.5 Å². The van der Waals surface area contributed by atoms with E-state index in [0.717, 1.165) is 16.7 Å². The van der Waals surface area contributed by atoms with Crippen LogP contribution in [0.4, 0.5) is 5.69 Å². The molecule has 3 aromatic rings. The topological polar surface area (TPSA) is 93.7 Å². The molecule has 0 fully saturated rings. The molecule has 0 saturated heterocycles. The minimum Gasteiger partial charge on any atom is -0.493 e. The lowest BCUT2D eigenvalue weighted by Gasteiger charge is -2.20. The van der Waals surface area contributed by atoms with Gasteiger partial charge in [0, 0.05) is 11.8 Å². The quantitative estimate of drug-likeness (QED) is 0.498. The van der Waals surface area contributed by atoms with Crippen molar-refractivity contribution in [3.63, 3.8) is 0 Å². The van der Waals surface area contributed by atoms with E-state index in [1.54, 1.807) is 0 Å². The van der Waals surface area contributed by atoms with Crippen LogP contribution >= 0.6 is 0 Å². The maximum absolute atomic E-state index is 13.2. The highest BCUT2D eigenvalue weighted by Gasteiger charge is 2.27. The summed E-state index contributed by atoms with van der Waals surface area (Å²) in [7, 11) is -1.14. The average molecular weight is 469 g/mol. The Labute approximate surface area is 194 Å². The van der Waals surface area contributed by atoms with E-state index in [4.69, 9.17) is 9.47 Å². The molecule has 0 spiro atoms. The summed E-state index contributed by atoms with van der Waals surface area (Å²) in [6.07, 6.45) is 0.185. The molecule has 0 unspecified atom stereocenters. The van der Waals surface area contributed by atoms with E-state index in [2.05, 4.69) is 10.0 Å². The summed E-state index contributed by atoms with van der Waals surface area (Å²) in [5.41, 5.74) is 3.34. The SMILES string of the molecule is COc1ccc(S(=O)(=O)N[C@H](Cc2ccccc2)C(=O)Nc2cc(C)ccc2C)cc1OC. The molecule has 174 valence electrons. The van der Waals surface area contributed by atoms with E-state index in [-0.39, 0.29) is 17.1 Å². The molecule has 0 aliphatic heterocycles. The summed E-state index contributed by atoms with van der Waals surface area (Å²) < 4.78 is 39.4. The molecule has 0 aromatic heterocycles. The third-order valence-corrected chi connectivity index (χ3v) is 6.68. The van der Waals surface area contributed by atoms with Crippen LogP contribution in [-0.2, 0) is 21.2 Å². The molecule has 0 heterocycles. The molecule has 0 saturated carbocycles. The molecule has 2 N–H and O–H groups in total. The number of nitrogens with one attached hydrogen (secondary N) is 2. The van der Waals surface area contributed by atoms with Gasteiger partial charge in [-0.05, 0) is 55.2 Å². The summed E-state index contributed by atoms with van der Waals surface area (Å²) in [6.45, 7) is 3.81. The van der Waals surface area contributed by atoms with Crippen molar-refractivity contribution in [2.75, 3.05) is 19.5 Å². The summed E-state index contributed by atoms with van der Waals surface area (Å²) in [5.74, 6) is 0.237. The third-order valence-electron chi connectivity index (χ3n) is 5.21. The zero-order chi connectivity index (χ0) is 24.0. The van der Waals surface area contributed by atoms with Crippen molar-refractivity contribution < 1.29 is 22.7 Å². The Balaban J connectivity index is 1.92. The van der Waals surface area contributed by atoms with Gasteiger partial charge in [-0.25, -0.2) is 8.42 Å². The van der Waals surface area contributed by atoms with Crippen LogP contribution in [0, 0.1) is 13.8 Å². The van der Waals surface area contributed by atoms with Gasteiger partial charge >= 0.3 is 0 Å². The van der Waals surface area contributed by atoms with Gasteiger partial charge in [0.1, 0.15) is 6.04 Å². The van der Waals surface area contributed by atoms with Crippen LogP contribution in [-0.4, -0.2) is 34.6 Å². The summed E-state index contributed by atoms with van der Waals surface area (Å²) >= 11 is 0. The Morgan fingerprint density at radius 1 is 0.909 bits per heavy atom. The number of rotatable bonds is 9. The largest absolute Gasteiger partial charge is 0.493 e. The van der Waals surface area contributed by atoms with E-state index in [1.807, 2.05) is 62.4 Å². The molecule has 0 radical (unpaired) electrons. The number of carbonyl (C=O) groups is 1. The number of methoxy groups -OCH3 is 2. The molecule has 3 rings (SSSR count). The van der Waals surface area contributed by atoms with Crippen molar-refractivity contribution in [3.05, 3.63) is 83.4 Å². The molecular formula is C25H28N2O5S. The molecule has 3 aromatic carbocycles. The van der Waals surface area contributed by atoms with Gasteiger partial charge in [-0.3, -0.25) is 4.79 Å². The lowest BCUT2D eigenvalue weighted by atomic mass is 10.1. The zero-order valence-electron chi connectivity index (χ0n) is 19.1. The summed E-state index contributed by atoms with van der Waals surface area (Å²) in [4.78, 5) is 13.2. The number of amides is 1. The Bertz CT molecular complexity index is 1230. The zero-order valence-corrected chi connectivity index (χ0v) is 19.9. The molecular weight excluding hydrogens is 440 g/mol. The molecule has 7 nitrogen and oxygen atoms in total. The van der Waals surface area contributed by atoms with E-state index >= 15 is 0 Å². The van der Waals surface area contributed by atoms with Crippen LogP contribution in [0.1, 0.15) is 16.7 Å². The second kappa shape index (κ2) is 10.5. The predicted molar refractivity (Wildman–Crippen MR) is 128 cm³/mol. The number of sulfonamides is 1. The Hall–Kier alpha value is -3.36. The number of anilines is 1. The first-order chi connectivity index (χ1) is 15.7. The van der Waals surface area contributed by atoms with Crippen LogP contribution in [0.2, 0.25) is 0 Å². The van der Waals surface area contributed by atoms with E-state index < -0.39 is 22.0 Å². The average Bonchev–Trinajstić information content (AvgIpc) is 2.81. The Kier molecular flexibility index (Phi) is 7.73. The molecule has 1 amide bonds. The van der Waals surface area contributed by atoms with Gasteiger partial charge in [-0.2, -0.15) is 4.72 Å². The first-order valence-corrected chi connectivity index (χ1v) is 11.9. The Morgan fingerprint density at radius 2 is 1.61 bits per heavy atom. The molecule has 0 aliphatic carbocycles. The number of hydrogen-bond donors (Lipinski definition) is 2. The van der Waals surface area contributed by atoms with Crippen molar-refractivity contribution in [1.82, 2.24) is 4.72 Å². The fourth-order valence-corrected chi connectivity index (χ4v) is 4.58. The fraction of sp³-hybridized carbons (Fsp3) is 0.240. The monoisotopic (exact) mass is 468 g/mol. The van der Waals surface area contributed by atoms with Gasteiger partial charge < -0.3 is 14.8 Å². The van der Waals surface area contributed by atoms with Crippen LogP contribution < -0.4 is 19.5 Å². The number of aryl methyl sites for hydroxylation is 2. The van der Waals surface area contributed by atoms with Crippen molar-refractivity contribution in [3.8, 4) is 11.5 Å². The van der Waals surface area contributed by atoms with E-state index in [0.29, 0.717) is 11.4 Å². The molecule has 0 bridgehead atoms. The minimum absolute atomic E-state index is 0.0299.